The van der Waals surface area contributed by atoms with Crippen LogP contribution in [0.2, 0.25) is 0 Å². The van der Waals surface area contributed by atoms with Crippen molar-refractivity contribution in [3.8, 4) is 0 Å². The minimum absolute atomic E-state index is 0. The van der Waals surface area contributed by atoms with Crippen LogP contribution in [0.1, 0.15) is 70.6 Å². The number of benzene rings is 2. The Morgan fingerprint density at radius 2 is 1.43 bits per heavy atom. The van der Waals surface area contributed by atoms with Crippen molar-refractivity contribution in [2.45, 2.75) is 64.2 Å². The van der Waals surface area contributed by atoms with Crippen molar-refractivity contribution in [1.29, 1.82) is 0 Å². The monoisotopic (exact) mass is 508 g/mol. The van der Waals surface area contributed by atoms with Gasteiger partial charge in [0.05, 0.1) is 0 Å². The van der Waals surface area contributed by atoms with Crippen molar-refractivity contribution in [3.63, 3.8) is 0 Å². The molecule has 3 aliphatic heterocycles. The molecule has 0 atom stereocenters. The zero-order valence-electron chi connectivity index (χ0n) is 29.2. The lowest BCUT2D eigenvalue weighted by Gasteiger charge is -2.48. The molecule has 0 bridgehead atoms. The standard InChI is InChI=1S/C28H38N4O.CH4.ClH/c29-27(33)28(31-18-6-1-7-19-31)15-21-30(22-16-28)17-8-20-32-25-11-4-2-9-23(25)13-14-24-10-3-5-12-26(24)32;;/h2-5,9-12H,1,6-8,13-22H2,(H2,29,33);1H4;1H/i1D2,6D2,7D2,18D2,19D2;;. The number of aryl methyl sites for hydroxylation is 2. The van der Waals surface area contributed by atoms with Gasteiger partial charge in [-0.1, -0.05) is 50.2 Å². The first-order valence-corrected chi connectivity index (χ1v) is 11.7. The average molecular weight is 509 g/mol. The number of para-hydroxylation sites is 2. The number of piperidine rings is 2. The van der Waals surface area contributed by atoms with Crippen LogP contribution < -0.4 is 10.6 Å². The zero-order chi connectivity index (χ0) is 31.6. The van der Waals surface area contributed by atoms with Gasteiger partial charge in [-0.2, -0.15) is 0 Å². The first-order chi connectivity index (χ1) is 19.9. The summed E-state index contributed by atoms with van der Waals surface area (Å²) in [5, 5.41) is 0. The molecule has 3 aliphatic rings. The van der Waals surface area contributed by atoms with Crippen molar-refractivity contribution < 1.29 is 18.5 Å². The number of fused-ring (bicyclic) bond motifs is 2. The maximum Gasteiger partial charge on any atom is 0.238 e. The number of primary amides is 1. The molecule has 3 heterocycles. The molecule has 0 saturated carbocycles. The molecule has 35 heavy (non-hydrogen) atoms. The van der Waals surface area contributed by atoms with E-state index >= 15 is 0 Å². The summed E-state index contributed by atoms with van der Waals surface area (Å²) >= 11 is 0. The van der Waals surface area contributed by atoms with E-state index in [4.69, 9.17) is 19.4 Å². The van der Waals surface area contributed by atoms with E-state index in [2.05, 4.69) is 34.1 Å². The second kappa shape index (κ2) is 12.2. The van der Waals surface area contributed by atoms with E-state index in [1.807, 2.05) is 24.3 Å². The van der Waals surface area contributed by atoms with Gasteiger partial charge in [0.1, 0.15) is 5.54 Å². The lowest BCUT2D eigenvalue weighted by Crippen LogP contribution is -2.63. The summed E-state index contributed by atoms with van der Waals surface area (Å²) in [6.45, 7) is -5.00. The predicted octanol–water partition coefficient (Wildman–Crippen LogP) is 5.18. The molecule has 2 fully saturated rings. The van der Waals surface area contributed by atoms with Gasteiger partial charge in [0, 0.05) is 44.7 Å². The molecular weight excluding hydrogens is 456 g/mol. The molecule has 192 valence electrons. The third-order valence-corrected chi connectivity index (χ3v) is 7.11. The highest BCUT2D eigenvalue weighted by Crippen LogP contribution is 2.36. The summed E-state index contributed by atoms with van der Waals surface area (Å²) < 4.78 is 83.7. The predicted molar refractivity (Wildman–Crippen MR) is 149 cm³/mol. The number of nitrogens with zero attached hydrogens (tertiary/aromatic N) is 3. The zero-order valence-corrected chi connectivity index (χ0v) is 20.0. The minimum atomic E-state index is -3.55. The summed E-state index contributed by atoms with van der Waals surface area (Å²) in [6.07, 6.45) is -8.24. The van der Waals surface area contributed by atoms with Crippen LogP contribution in [0.25, 0.3) is 0 Å². The van der Waals surface area contributed by atoms with Crippen LogP contribution in [0.5, 0.6) is 0 Å². The summed E-state index contributed by atoms with van der Waals surface area (Å²) in [4.78, 5) is 17.7. The topological polar surface area (TPSA) is 52.8 Å². The number of carbonyl (C=O) groups excluding carboxylic acids is 1. The number of anilines is 2. The van der Waals surface area contributed by atoms with Crippen LogP contribution in [0.3, 0.4) is 0 Å². The van der Waals surface area contributed by atoms with E-state index in [9.17, 15) is 4.79 Å². The van der Waals surface area contributed by atoms with Crippen molar-refractivity contribution in [2.24, 2.45) is 5.73 Å². The first-order valence-electron chi connectivity index (χ1n) is 16.7. The van der Waals surface area contributed by atoms with E-state index in [1.165, 1.54) is 11.1 Å². The molecule has 0 unspecified atom stereocenters. The van der Waals surface area contributed by atoms with Crippen LogP contribution in [-0.4, -0.2) is 60.4 Å². The summed E-state index contributed by atoms with van der Waals surface area (Å²) in [5.41, 5.74) is 8.60. The summed E-state index contributed by atoms with van der Waals surface area (Å²) in [6, 6.07) is 16.7. The van der Waals surface area contributed by atoms with Crippen molar-refractivity contribution in [2.75, 3.05) is 44.1 Å². The van der Waals surface area contributed by atoms with Crippen molar-refractivity contribution in [3.05, 3.63) is 59.7 Å². The molecule has 0 radical (unpaired) electrons. The Hall–Kier alpha value is -2.08. The fourth-order valence-electron chi connectivity index (χ4n) is 5.23. The van der Waals surface area contributed by atoms with Gasteiger partial charge in [-0.25, -0.2) is 0 Å². The first kappa shape index (κ1) is 16.6. The third kappa shape index (κ3) is 5.68. The highest BCUT2D eigenvalue weighted by atomic mass is 35.5. The van der Waals surface area contributed by atoms with Gasteiger partial charge in [0.2, 0.25) is 5.91 Å². The molecule has 2 saturated heterocycles. The summed E-state index contributed by atoms with van der Waals surface area (Å²) in [5.74, 6) is -1.09. The van der Waals surface area contributed by atoms with Gasteiger partial charge in [-0.05, 0) is 87.6 Å². The number of hydrogen-bond donors (Lipinski definition) is 1. The molecular formula is C29H43ClN4O. The number of amides is 1. The van der Waals surface area contributed by atoms with E-state index < -0.39 is 43.6 Å². The number of rotatable bonds is 6. The number of carbonyl (C=O) groups is 1. The fraction of sp³-hybridized carbons (Fsp3) is 0.552. The third-order valence-electron chi connectivity index (χ3n) is 7.11. The van der Waals surface area contributed by atoms with Gasteiger partial charge in [-0.15, -0.1) is 12.4 Å². The quantitative estimate of drug-likeness (QED) is 0.584. The Morgan fingerprint density at radius 1 is 0.886 bits per heavy atom. The Bertz CT molecular complexity index is 1310. The molecule has 0 aromatic heterocycles. The number of hydrogen-bond acceptors (Lipinski definition) is 4. The molecule has 2 aromatic rings. The van der Waals surface area contributed by atoms with Gasteiger partial charge in [0.25, 0.3) is 0 Å². The van der Waals surface area contributed by atoms with Gasteiger partial charge in [0.15, 0.2) is 0 Å². The van der Waals surface area contributed by atoms with Crippen LogP contribution in [0.15, 0.2) is 48.5 Å². The highest BCUT2D eigenvalue weighted by molar-refractivity contribution is 5.85. The Labute approximate surface area is 232 Å². The highest BCUT2D eigenvalue weighted by Gasteiger charge is 2.44. The lowest BCUT2D eigenvalue weighted by atomic mass is 9.83. The normalized spacial score (nSPS) is 31.4. The van der Waals surface area contributed by atoms with Crippen molar-refractivity contribution >= 4 is 29.7 Å². The Balaban J connectivity index is 0.00000276. The number of likely N-dealkylation sites (tertiary alicyclic amines) is 2. The van der Waals surface area contributed by atoms with Gasteiger partial charge < -0.3 is 15.5 Å². The SMILES string of the molecule is C.Cl.[2H]C1([2H])N(C2(C(N)=O)CCN(CCCN3c4ccccc4CCc4ccccc43)CC2)C([2H])([2H])C([2H])([2H])C([2H])([2H])C1([2H])[2H]. The van der Waals surface area contributed by atoms with E-state index in [1.54, 1.807) is 0 Å². The van der Waals surface area contributed by atoms with Crippen LogP contribution in [0, 0.1) is 0 Å². The molecule has 2 N–H and O–H groups in total. The number of halogens is 1. The van der Waals surface area contributed by atoms with E-state index in [-0.39, 0.29) is 50.7 Å². The van der Waals surface area contributed by atoms with Crippen molar-refractivity contribution in [1.82, 2.24) is 9.80 Å². The minimum Gasteiger partial charge on any atom is -0.368 e. The molecule has 1 amide bonds. The molecule has 0 aliphatic carbocycles. The fourth-order valence-corrected chi connectivity index (χ4v) is 5.23. The number of nitrogens with two attached hydrogens (primary N) is 1. The smallest absolute Gasteiger partial charge is 0.238 e. The van der Waals surface area contributed by atoms with E-state index in [0.717, 1.165) is 37.2 Å². The lowest BCUT2D eigenvalue weighted by molar-refractivity contribution is -0.134. The maximum absolute atomic E-state index is 13.0. The van der Waals surface area contributed by atoms with Gasteiger partial charge >= 0.3 is 0 Å². The Kier molecular flexibility index (Phi) is 5.82. The molecule has 6 heteroatoms. The van der Waals surface area contributed by atoms with Crippen LogP contribution in [0.4, 0.5) is 11.4 Å². The Morgan fingerprint density at radius 3 is 1.97 bits per heavy atom. The molecule has 0 spiro atoms. The maximum atomic E-state index is 13.0. The van der Waals surface area contributed by atoms with Crippen LogP contribution in [-0.2, 0) is 17.6 Å². The van der Waals surface area contributed by atoms with Gasteiger partial charge in [-0.3, -0.25) is 9.69 Å². The van der Waals surface area contributed by atoms with E-state index in [0.29, 0.717) is 6.54 Å². The largest absolute Gasteiger partial charge is 0.368 e. The second-order valence-corrected chi connectivity index (χ2v) is 8.93. The average Bonchev–Trinajstić information content (AvgIpc) is 3.10. The molecule has 2 aromatic carbocycles. The second-order valence-electron chi connectivity index (χ2n) is 8.93. The van der Waals surface area contributed by atoms with Crippen LogP contribution >= 0.6 is 12.4 Å². The molecule has 5 rings (SSSR count). The summed E-state index contributed by atoms with van der Waals surface area (Å²) in [7, 11) is 0. The molecule has 5 nitrogen and oxygen atoms in total.